The highest BCUT2D eigenvalue weighted by molar-refractivity contribution is 5.85. The van der Waals surface area contributed by atoms with E-state index in [2.05, 4.69) is 6.92 Å². The van der Waals surface area contributed by atoms with Gasteiger partial charge < -0.3 is 5.11 Å². The van der Waals surface area contributed by atoms with Crippen molar-refractivity contribution in [2.45, 2.75) is 167 Å². The van der Waals surface area contributed by atoms with Crippen LogP contribution in [0.4, 0.5) is 0 Å². The number of unbranched alkanes of at least 4 members (excludes halogenated alkanes) is 23. The van der Waals surface area contributed by atoms with Gasteiger partial charge >= 0.3 is 5.97 Å². The molecule has 0 aliphatic rings. The maximum absolute atomic E-state index is 10.4. The van der Waals surface area contributed by atoms with Gasteiger partial charge in [-0.25, -0.2) is 0 Å². The van der Waals surface area contributed by atoms with E-state index < -0.39 is 5.97 Å². The van der Waals surface area contributed by atoms with Gasteiger partial charge in [0.25, 0.3) is 0 Å². The average molecular weight is 447 g/mol. The van der Waals surface area contributed by atoms with Gasteiger partial charge in [0.05, 0.1) is 0 Å². The molecule has 0 fully saturated rings. The van der Waals surface area contributed by atoms with Crippen molar-refractivity contribution in [3.8, 4) is 0 Å². The van der Waals surface area contributed by atoms with Crippen LogP contribution in [-0.2, 0) is 4.79 Å². The second kappa shape index (κ2) is 28.8. The number of aliphatic carboxylic acids is 1. The fourth-order valence-corrected chi connectivity index (χ4v) is 4.24. The van der Waals surface area contributed by atoms with Crippen LogP contribution in [0.5, 0.6) is 0 Å². The Hall–Kier alpha value is -0.240. The van der Waals surface area contributed by atoms with Crippen molar-refractivity contribution >= 4 is 18.4 Å². The molecule has 0 rings (SSSR count). The van der Waals surface area contributed by atoms with Crippen molar-refractivity contribution in [1.29, 1.82) is 0 Å². The summed E-state index contributed by atoms with van der Waals surface area (Å²) in [7, 11) is 0. The van der Waals surface area contributed by atoms with Crippen molar-refractivity contribution in [1.82, 2.24) is 0 Å². The lowest BCUT2D eigenvalue weighted by Crippen LogP contribution is -1.93. The van der Waals surface area contributed by atoms with E-state index in [9.17, 15) is 4.79 Å². The van der Waals surface area contributed by atoms with Gasteiger partial charge in [-0.1, -0.05) is 155 Å². The lowest BCUT2D eigenvalue weighted by Gasteiger charge is -2.04. The molecule has 2 nitrogen and oxygen atoms in total. The highest BCUT2D eigenvalue weighted by atomic mass is 35.5. The number of carbonyl (C=O) groups is 1. The van der Waals surface area contributed by atoms with Gasteiger partial charge in [-0.2, -0.15) is 0 Å². The zero-order valence-electron chi connectivity index (χ0n) is 20.4. The summed E-state index contributed by atoms with van der Waals surface area (Å²) in [6.45, 7) is 2.29. The van der Waals surface area contributed by atoms with Gasteiger partial charge in [-0.3, -0.25) is 4.79 Å². The summed E-state index contributed by atoms with van der Waals surface area (Å²) in [6.07, 6.45) is 33.5. The standard InChI is InChI=1S/C27H54O2.ClH/c1-2-3-4-5-6-7-8-9-10-11-12-13-14-15-16-17-18-19-20-21-22-23-24-25-26-27(28)29;/h2-26H2,1H3,(H,28,29);1H. The zero-order chi connectivity index (χ0) is 21.3. The molecule has 30 heavy (non-hydrogen) atoms. The Bertz CT molecular complexity index is 320. The van der Waals surface area contributed by atoms with E-state index >= 15 is 0 Å². The fourth-order valence-electron chi connectivity index (χ4n) is 4.24. The van der Waals surface area contributed by atoms with Gasteiger partial charge in [0.1, 0.15) is 0 Å². The molecule has 182 valence electrons. The molecule has 0 aromatic heterocycles. The van der Waals surface area contributed by atoms with Crippen molar-refractivity contribution in [3.63, 3.8) is 0 Å². The van der Waals surface area contributed by atoms with Crippen molar-refractivity contribution in [2.24, 2.45) is 0 Å². The first-order valence-electron chi connectivity index (χ1n) is 13.5. The van der Waals surface area contributed by atoms with Gasteiger partial charge in [-0.05, 0) is 6.42 Å². The minimum Gasteiger partial charge on any atom is -0.481 e. The molecular weight excluding hydrogens is 392 g/mol. The topological polar surface area (TPSA) is 37.3 Å². The molecule has 0 aromatic rings. The third-order valence-corrected chi connectivity index (χ3v) is 6.24. The molecule has 0 spiro atoms. The van der Waals surface area contributed by atoms with Crippen molar-refractivity contribution in [3.05, 3.63) is 0 Å². The summed E-state index contributed by atoms with van der Waals surface area (Å²) in [4.78, 5) is 10.4. The van der Waals surface area contributed by atoms with Crippen LogP contribution in [0, 0.1) is 0 Å². The molecule has 0 aromatic carbocycles. The van der Waals surface area contributed by atoms with E-state index in [1.165, 1.54) is 141 Å². The molecule has 0 saturated heterocycles. The van der Waals surface area contributed by atoms with Crippen LogP contribution in [0.1, 0.15) is 167 Å². The second-order valence-corrected chi connectivity index (χ2v) is 9.28. The monoisotopic (exact) mass is 446 g/mol. The quantitative estimate of drug-likeness (QED) is 0.141. The first kappa shape index (κ1) is 31.9. The van der Waals surface area contributed by atoms with Crippen LogP contribution in [0.3, 0.4) is 0 Å². The number of hydrogen-bond donors (Lipinski definition) is 1. The Balaban J connectivity index is 0. The summed E-state index contributed by atoms with van der Waals surface area (Å²) >= 11 is 0. The van der Waals surface area contributed by atoms with Crippen LogP contribution in [0.25, 0.3) is 0 Å². The molecule has 0 aliphatic carbocycles. The maximum atomic E-state index is 10.4. The molecule has 0 bridgehead atoms. The second-order valence-electron chi connectivity index (χ2n) is 9.28. The minimum atomic E-state index is -0.649. The number of carboxylic acids is 1. The van der Waals surface area contributed by atoms with Gasteiger partial charge in [0.2, 0.25) is 0 Å². The molecule has 0 radical (unpaired) electrons. The molecule has 0 aliphatic heterocycles. The fraction of sp³-hybridized carbons (Fsp3) is 0.963. The lowest BCUT2D eigenvalue weighted by molar-refractivity contribution is -0.137. The minimum absolute atomic E-state index is 0. The number of carboxylic acid groups (broad SMARTS) is 1. The van der Waals surface area contributed by atoms with Crippen LogP contribution in [0.15, 0.2) is 0 Å². The van der Waals surface area contributed by atoms with Crippen LogP contribution >= 0.6 is 12.4 Å². The van der Waals surface area contributed by atoms with Crippen molar-refractivity contribution < 1.29 is 9.90 Å². The molecular formula is C27H55ClO2. The smallest absolute Gasteiger partial charge is 0.303 e. The van der Waals surface area contributed by atoms with Crippen molar-refractivity contribution in [2.75, 3.05) is 0 Å². The third kappa shape index (κ3) is 30.0. The van der Waals surface area contributed by atoms with Crippen LogP contribution < -0.4 is 0 Å². The van der Waals surface area contributed by atoms with E-state index in [-0.39, 0.29) is 12.4 Å². The Morgan fingerprint density at radius 1 is 0.433 bits per heavy atom. The van der Waals surface area contributed by atoms with Crippen LogP contribution in [-0.4, -0.2) is 11.1 Å². The molecule has 3 heteroatoms. The molecule has 0 unspecified atom stereocenters. The summed E-state index contributed by atoms with van der Waals surface area (Å²) in [5, 5.41) is 8.59. The molecule has 0 amide bonds. The van der Waals surface area contributed by atoms with Crippen LogP contribution in [0.2, 0.25) is 0 Å². The third-order valence-electron chi connectivity index (χ3n) is 6.24. The van der Waals surface area contributed by atoms with E-state index in [0.717, 1.165) is 12.8 Å². The highest BCUT2D eigenvalue weighted by Gasteiger charge is 1.97. The van der Waals surface area contributed by atoms with Gasteiger partial charge in [-0.15, -0.1) is 12.4 Å². The number of rotatable bonds is 25. The maximum Gasteiger partial charge on any atom is 0.303 e. The van der Waals surface area contributed by atoms with Gasteiger partial charge in [0.15, 0.2) is 0 Å². The molecule has 0 heterocycles. The first-order chi connectivity index (χ1) is 14.3. The Morgan fingerprint density at radius 2 is 0.633 bits per heavy atom. The largest absolute Gasteiger partial charge is 0.481 e. The Morgan fingerprint density at radius 3 is 0.833 bits per heavy atom. The number of halogens is 1. The molecule has 0 atom stereocenters. The summed E-state index contributed by atoms with van der Waals surface area (Å²) in [5.41, 5.74) is 0. The predicted octanol–water partition coefficient (Wildman–Crippen LogP) is 10.3. The summed E-state index contributed by atoms with van der Waals surface area (Å²) < 4.78 is 0. The molecule has 0 saturated carbocycles. The van der Waals surface area contributed by atoms with E-state index in [4.69, 9.17) is 5.11 Å². The summed E-state index contributed by atoms with van der Waals surface area (Å²) in [6, 6.07) is 0. The van der Waals surface area contributed by atoms with E-state index in [1.54, 1.807) is 0 Å². The average Bonchev–Trinajstić information content (AvgIpc) is 2.71. The summed E-state index contributed by atoms with van der Waals surface area (Å²) in [5.74, 6) is -0.649. The highest BCUT2D eigenvalue weighted by Crippen LogP contribution is 2.15. The predicted molar refractivity (Wildman–Crippen MR) is 136 cm³/mol. The zero-order valence-corrected chi connectivity index (χ0v) is 21.3. The SMILES string of the molecule is CCCCCCCCCCCCCCCCCCCCCCCCCCC(=O)O.Cl. The first-order valence-corrected chi connectivity index (χ1v) is 13.5. The Kier molecular flexibility index (Phi) is 30.6. The Labute approximate surface area is 195 Å². The normalized spacial score (nSPS) is 10.8. The number of hydrogen-bond acceptors (Lipinski definition) is 1. The van der Waals surface area contributed by atoms with E-state index in [0.29, 0.717) is 6.42 Å². The molecule has 1 N–H and O–H groups in total. The van der Waals surface area contributed by atoms with E-state index in [1.807, 2.05) is 0 Å². The van der Waals surface area contributed by atoms with Gasteiger partial charge in [0, 0.05) is 6.42 Å². The lowest BCUT2D eigenvalue weighted by atomic mass is 10.0.